The van der Waals surface area contributed by atoms with Gasteiger partial charge in [0.15, 0.2) is 0 Å². The lowest BCUT2D eigenvalue weighted by Crippen LogP contribution is -1.99. The van der Waals surface area contributed by atoms with E-state index in [2.05, 4.69) is 5.10 Å². The number of aromatic nitrogens is 2. The van der Waals surface area contributed by atoms with E-state index < -0.39 is 0 Å². The van der Waals surface area contributed by atoms with Gasteiger partial charge in [-0.05, 0) is 24.5 Å². The fraction of sp³-hybridized carbons (Fsp3) is 0.100. The van der Waals surface area contributed by atoms with Crippen LogP contribution in [0.4, 0.5) is 10.2 Å². The first kappa shape index (κ1) is 10.0. The van der Waals surface area contributed by atoms with E-state index in [-0.39, 0.29) is 5.82 Å². The molecule has 5 heteroatoms. The molecule has 0 saturated carbocycles. The summed E-state index contributed by atoms with van der Waals surface area (Å²) >= 11 is 1.50. The Bertz CT molecular complexity index is 481. The highest BCUT2D eigenvalue weighted by atomic mass is 32.2. The van der Waals surface area contributed by atoms with E-state index in [4.69, 9.17) is 5.73 Å². The lowest BCUT2D eigenvalue weighted by molar-refractivity contribution is 0.607. The molecule has 0 aliphatic rings. The van der Waals surface area contributed by atoms with Crippen LogP contribution < -0.4 is 5.73 Å². The van der Waals surface area contributed by atoms with Crippen LogP contribution in [-0.4, -0.2) is 16.0 Å². The predicted molar refractivity (Wildman–Crippen MR) is 59.7 cm³/mol. The molecule has 0 aliphatic heterocycles. The molecule has 0 amide bonds. The number of benzene rings is 1. The van der Waals surface area contributed by atoms with Crippen LogP contribution in [0.2, 0.25) is 0 Å². The summed E-state index contributed by atoms with van der Waals surface area (Å²) in [6, 6.07) is 6.65. The van der Waals surface area contributed by atoms with Gasteiger partial charge in [0.1, 0.15) is 17.3 Å². The van der Waals surface area contributed by atoms with Crippen molar-refractivity contribution in [1.82, 2.24) is 9.78 Å². The molecule has 2 rings (SSSR count). The molecule has 1 heterocycles. The molecule has 78 valence electrons. The molecule has 0 fully saturated rings. The zero-order valence-electron chi connectivity index (χ0n) is 8.14. The molecular weight excluding hydrogens is 213 g/mol. The summed E-state index contributed by atoms with van der Waals surface area (Å²) in [6.45, 7) is 0. The summed E-state index contributed by atoms with van der Waals surface area (Å²) in [5, 5.41) is 3.94. The van der Waals surface area contributed by atoms with Crippen molar-refractivity contribution < 1.29 is 4.39 Å². The van der Waals surface area contributed by atoms with Crippen LogP contribution in [0.15, 0.2) is 35.4 Å². The van der Waals surface area contributed by atoms with Gasteiger partial charge in [-0.15, -0.1) is 11.8 Å². The Hall–Kier alpha value is -1.49. The normalized spacial score (nSPS) is 10.5. The van der Waals surface area contributed by atoms with Crippen LogP contribution >= 0.6 is 11.8 Å². The van der Waals surface area contributed by atoms with Crippen molar-refractivity contribution in [2.75, 3.05) is 12.0 Å². The fourth-order valence-electron chi connectivity index (χ4n) is 1.27. The summed E-state index contributed by atoms with van der Waals surface area (Å²) in [5.74, 6) is 0.0771. The number of nitrogens with two attached hydrogens (primary N) is 1. The van der Waals surface area contributed by atoms with E-state index in [1.165, 1.54) is 22.5 Å². The second-order valence-electron chi connectivity index (χ2n) is 3.00. The highest BCUT2D eigenvalue weighted by molar-refractivity contribution is 7.98. The van der Waals surface area contributed by atoms with Crippen molar-refractivity contribution >= 4 is 17.6 Å². The molecule has 1 aromatic carbocycles. The lowest BCUT2D eigenvalue weighted by Gasteiger charge is -2.04. The Labute approximate surface area is 91.1 Å². The molecule has 2 N–H and O–H groups in total. The van der Waals surface area contributed by atoms with Crippen molar-refractivity contribution in [2.45, 2.75) is 4.90 Å². The third-order valence-corrected chi connectivity index (χ3v) is 2.74. The fourth-order valence-corrected chi connectivity index (χ4v) is 1.70. The summed E-state index contributed by atoms with van der Waals surface area (Å²) in [7, 11) is 0. The summed E-state index contributed by atoms with van der Waals surface area (Å²) in [5.41, 5.74) is 5.87. The average Bonchev–Trinajstić information content (AvgIpc) is 2.64. The first-order chi connectivity index (χ1) is 7.20. The van der Waals surface area contributed by atoms with Gasteiger partial charge in [-0.2, -0.15) is 5.10 Å². The van der Waals surface area contributed by atoms with E-state index in [9.17, 15) is 4.39 Å². The van der Waals surface area contributed by atoms with E-state index in [1.807, 2.05) is 12.3 Å². The van der Waals surface area contributed by atoms with Crippen molar-refractivity contribution in [2.24, 2.45) is 0 Å². The van der Waals surface area contributed by atoms with Crippen LogP contribution in [-0.2, 0) is 0 Å². The van der Waals surface area contributed by atoms with Gasteiger partial charge in [-0.1, -0.05) is 0 Å². The van der Waals surface area contributed by atoms with E-state index in [0.717, 1.165) is 4.90 Å². The summed E-state index contributed by atoms with van der Waals surface area (Å²) in [4.78, 5) is 0.886. The largest absolute Gasteiger partial charge is 0.382 e. The van der Waals surface area contributed by atoms with Crippen LogP contribution in [0.25, 0.3) is 5.69 Å². The number of halogens is 1. The van der Waals surface area contributed by atoms with Gasteiger partial charge in [0.2, 0.25) is 0 Å². The highest BCUT2D eigenvalue weighted by Crippen LogP contribution is 2.20. The van der Waals surface area contributed by atoms with Gasteiger partial charge < -0.3 is 5.73 Å². The van der Waals surface area contributed by atoms with Crippen LogP contribution in [0.3, 0.4) is 0 Å². The Kier molecular flexibility index (Phi) is 2.64. The standard InChI is InChI=1S/C10H10FN3S/c1-15-7-2-3-9(8(11)6-7)14-5-4-10(12)13-14/h2-6H,1H3,(H2,12,13). The SMILES string of the molecule is CSc1ccc(-n2ccc(N)n2)c(F)c1. The van der Waals surface area contributed by atoms with E-state index >= 15 is 0 Å². The van der Waals surface area contributed by atoms with Gasteiger partial charge >= 0.3 is 0 Å². The van der Waals surface area contributed by atoms with Crippen LogP contribution in [0, 0.1) is 5.82 Å². The Morgan fingerprint density at radius 2 is 2.20 bits per heavy atom. The Morgan fingerprint density at radius 3 is 2.73 bits per heavy atom. The highest BCUT2D eigenvalue weighted by Gasteiger charge is 2.06. The molecule has 1 aromatic heterocycles. The van der Waals surface area contributed by atoms with Gasteiger partial charge in [-0.25, -0.2) is 9.07 Å². The number of rotatable bonds is 2. The molecule has 0 bridgehead atoms. The molecule has 0 spiro atoms. The van der Waals surface area contributed by atoms with Gasteiger partial charge in [-0.3, -0.25) is 0 Å². The number of anilines is 1. The van der Waals surface area contributed by atoms with Gasteiger partial charge in [0.05, 0.1) is 0 Å². The molecule has 3 nitrogen and oxygen atoms in total. The topological polar surface area (TPSA) is 43.8 Å². The zero-order chi connectivity index (χ0) is 10.8. The molecule has 2 aromatic rings. The Balaban J connectivity index is 2.45. The van der Waals surface area contributed by atoms with E-state index in [1.54, 1.807) is 18.3 Å². The summed E-state index contributed by atoms with van der Waals surface area (Å²) in [6.07, 6.45) is 3.53. The molecule has 0 unspecified atom stereocenters. The number of hydrogen-bond donors (Lipinski definition) is 1. The first-order valence-electron chi connectivity index (χ1n) is 4.36. The molecule has 0 aliphatic carbocycles. The van der Waals surface area contributed by atoms with Crippen LogP contribution in [0.1, 0.15) is 0 Å². The Morgan fingerprint density at radius 1 is 1.40 bits per heavy atom. The van der Waals surface area contributed by atoms with Crippen molar-refractivity contribution in [3.05, 3.63) is 36.3 Å². The minimum absolute atomic E-state index is 0.301. The number of nitrogens with zero attached hydrogens (tertiary/aromatic N) is 2. The van der Waals surface area contributed by atoms with Crippen LogP contribution in [0.5, 0.6) is 0 Å². The minimum Gasteiger partial charge on any atom is -0.382 e. The zero-order valence-corrected chi connectivity index (χ0v) is 8.96. The molecule has 0 saturated heterocycles. The predicted octanol–water partition coefficient (Wildman–Crippen LogP) is 2.32. The monoisotopic (exact) mass is 223 g/mol. The number of thioether (sulfide) groups is 1. The maximum absolute atomic E-state index is 13.6. The summed E-state index contributed by atoms with van der Waals surface area (Å²) < 4.78 is 15.0. The smallest absolute Gasteiger partial charge is 0.149 e. The third-order valence-electron chi connectivity index (χ3n) is 2.01. The van der Waals surface area contributed by atoms with Gasteiger partial charge in [0, 0.05) is 17.2 Å². The lowest BCUT2D eigenvalue weighted by atomic mass is 10.3. The molecule has 0 atom stereocenters. The molecule has 0 radical (unpaired) electrons. The maximum atomic E-state index is 13.6. The second kappa shape index (κ2) is 3.94. The number of hydrogen-bond acceptors (Lipinski definition) is 3. The second-order valence-corrected chi connectivity index (χ2v) is 3.88. The third kappa shape index (κ3) is 1.97. The number of nitrogen functional groups attached to an aromatic ring is 1. The molecular formula is C10H10FN3S. The minimum atomic E-state index is -0.301. The van der Waals surface area contributed by atoms with Gasteiger partial charge in [0.25, 0.3) is 0 Å². The average molecular weight is 223 g/mol. The maximum Gasteiger partial charge on any atom is 0.149 e. The van der Waals surface area contributed by atoms with Crippen molar-refractivity contribution in [3.63, 3.8) is 0 Å². The first-order valence-corrected chi connectivity index (χ1v) is 5.58. The quantitative estimate of drug-likeness (QED) is 0.794. The van der Waals surface area contributed by atoms with E-state index in [0.29, 0.717) is 11.5 Å². The molecule has 15 heavy (non-hydrogen) atoms. The van der Waals surface area contributed by atoms with Crippen molar-refractivity contribution in [3.8, 4) is 5.69 Å². The van der Waals surface area contributed by atoms with Crippen molar-refractivity contribution in [1.29, 1.82) is 0 Å².